The number of carboxylic acid groups (broad SMARTS) is 5. The van der Waals surface area contributed by atoms with Gasteiger partial charge < -0.3 is 49.5 Å². The molecule has 34 heavy (non-hydrogen) atoms. The van der Waals surface area contributed by atoms with Gasteiger partial charge in [0.25, 0.3) is 0 Å². The molecule has 1 atom stereocenters. The van der Waals surface area contributed by atoms with Crippen molar-refractivity contribution in [3.8, 4) is 0 Å². The first-order chi connectivity index (χ1) is 15.5. The van der Waals surface area contributed by atoms with Crippen LogP contribution in [0.25, 0.3) is 0 Å². The summed E-state index contributed by atoms with van der Waals surface area (Å²) >= 11 is 0. The minimum atomic E-state index is -1.53. The second-order valence-corrected chi connectivity index (χ2v) is 8.18. The van der Waals surface area contributed by atoms with Gasteiger partial charge in [-0.15, -0.1) is 0 Å². The van der Waals surface area contributed by atoms with Gasteiger partial charge in [-0.2, -0.15) is 0 Å². The number of rotatable bonds is 17. The van der Waals surface area contributed by atoms with Crippen LogP contribution < -0.4 is 25.5 Å². The molecule has 0 saturated heterocycles. The van der Waals surface area contributed by atoms with E-state index >= 15 is 0 Å². The standard InChI is InChI=1S/C20H33N3O10.Tb/c24-16(25)9-21(6-7-22(10-17(26)27)11-18(28)29)8-15(14-4-2-1-3-5-14)23(12-19(30)31)13-20(32)33;/h14-15H,1-13H2,(H,24,25)(H,26,27)(H,28,29)(H,30,31)(H,32,33);/p-5/i;1-10. The van der Waals surface area contributed by atoms with Gasteiger partial charge in [-0.05, 0) is 18.8 Å². The first kappa shape index (κ1) is 32.5. The SMILES string of the molecule is O=C([O-])CN(CCN(CC(=O)[O-])CC(C1CCCCC1)N(CC(=O)[O-])CC(=O)[O-])CC(=O)[O-].[149Tb]. The Labute approximate surface area is 228 Å². The normalized spacial score (nSPS) is 15.1. The third kappa shape index (κ3) is 14.0. The molecule has 0 aromatic rings. The molecule has 13 nitrogen and oxygen atoms in total. The van der Waals surface area contributed by atoms with Crippen LogP contribution in [0.1, 0.15) is 32.1 Å². The maximum Gasteiger partial charge on any atom is 0.0555 e. The van der Waals surface area contributed by atoms with E-state index in [1.165, 1.54) is 9.80 Å². The zero-order chi connectivity index (χ0) is 25.0. The predicted molar refractivity (Wildman–Crippen MR) is 99.9 cm³/mol. The van der Waals surface area contributed by atoms with Gasteiger partial charge in [0.2, 0.25) is 0 Å². The summed E-state index contributed by atoms with van der Waals surface area (Å²) in [6, 6.07) is -0.670. The van der Waals surface area contributed by atoms with E-state index in [4.69, 9.17) is 0 Å². The fourth-order valence-electron chi connectivity index (χ4n) is 4.25. The van der Waals surface area contributed by atoms with Crippen molar-refractivity contribution in [1.82, 2.24) is 14.7 Å². The fraction of sp³-hybridized carbons (Fsp3) is 0.750. The number of carbonyl (C=O) groups is 5. The molecule has 0 spiro atoms. The maximum absolute atomic E-state index is 11.3. The first-order valence-electron chi connectivity index (χ1n) is 10.7. The Morgan fingerprint density at radius 1 is 0.618 bits per heavy atom. The van der Waals surface area contributed by atoms with E-state index < -0.39 is 68.6 Å². The van der Waals surface area contributed by atoms with Crippen molar-refractivity contribution in [1.29, 1.82) is 0 Å². The number of nitrogens with zero attached hydrogens (tertiary/aromatic N) is 3. The van der Waals surface area contributed by atoms with E-state index in [-0.39, 0.29) is 64.2 Å². The van der Waals surface area contributed by atoms with Crippen molar-refractivity contribution in [2.24, 2.45) is 5.92 Å². The molecule has 0 aromatic carbocycles. The monoisotopic (exact) mass is 619 g/mol. The van der Waals surface area contributed by atoms with Crippen molar-refractivity contribution in [3.05, 3.63) is 0 Å². The van der Waals surface area contributed by atoms with E-state index in [1.54, 1.807) is 0 Å². The van der Waals surface area contributed by atoms with Gasteiger partial charge in [0.1, 0.15) is 0 Å². The summed E-state index contributed by atoms with van der Waals surface area (Å²) in [6.45, 7) is -3.80. The van der Waals surface area contributed by atoms with Gasteiger partial charge in [0.05, 0.1) is 29.8 Å². The minimum absolute atomic E-state index is 0. The van der Waals surface area contributed by atoms with E-state index in [0.29, 0.717) is 12.8 Å². The molecule has 1 radical (unpaired) electrons. The Balaban J connectivity index is 0.0000109. The average molecular weight is 619 g/mol. The molecule has 0 bridgehead atoms. The Morgan fingerprint density at radius 3 is 1.41 bits per heavy atom. The average Bonchev–Trinajstić information content (AvgIpc) is 2.68. The van der Waals surface area contributed by atoms with Gasteiger partial charge in [0, 0.05) is 97.0 Å². The quantitative estimate of drug-likeness (QED) is 0.148. The summed E-state index contributed by atoms with van der Waals surface area (Å²) in [7, 11) is 0. The smallest absolute Gasteiger partial charge is 0.0555 e. The van der Waals surface area contributed by atoms with Crippen molar-refractivity contribution in [3.63, 3.8) is 0 Å². The third-order valence-electron chi connectivity index (χ3n) is 5.56. The Hall–Kier alpha value is -1.48. The number of carbonyl (C=O) groups excluding carboxylic acids is 5. The molecular weight excluding hydrogens is 591 g/mol. The van der Waals surface area contributed by atoms with Crippen LogP contribution in [0.15, 0.2) is 0 Å². The van der Waals surface area contributed by atoms with Gasteiger partial charge in [0.15, 0.2) is 0 Å². The summed E-state index contributed by atoms with van der Waals surface area (Å²) in [4.78, 5) is 59.0. The second-order valence-electron chi connectivity index (χ2n) is 8.18. The topological polar surface area (TPSA) is 210 Å². The summed E-state index contributed by atoms with van der Waals surface area (Å²) in [5, 5.41) is 55.6. The van der Waals surface area contributed by atoms with Crippen LogP contribution >= 0.6 is 0 Å². The number of hydrogen-bond donors (Lipinski definition) is 0. The zero-order valence-corrected chi connectivity index (χ0v) is 20.7. The van der Waals surface area contributed by atoms with Crippen LogP contribution in [0, 0.1) is 44.5 Å². The van der Waals surface area contributed by atoms with Crippen molar-refractivity contribution >= 4 is 29.8 Å². The van der Waals surface area contributed by atoms with Crippen LogP contribution in [-0.2, 0) is 24.0 Å². The molecule has 0 N–H and O–H groups in total. The first-order valence-corrected chi connectivity index (χ1v) is 10.7. The Kier molecular flexibility index (Phi) is 16.3. The fourth-order valence-corrected chi connectivity index (χ4v) is 4.25. The van der Waals surface area contributed by atoms with Crippen LogP contribution in [0.4, 0.5) is 0 Å². The largest absolute Gasteiger partial charge is 0.549 e. The van der Waals surface area contributed by atoms with Crippen molar-refractivity contribution in [2.45, 2.75) is 38.1 Å². The maximum atomic E-state index is 11.3. The Morgan fingerprint density at radius 2 is 1.00 bits per heavy atom. The minimum Gasteiger partial charge on any atom is -0.549 e. The molecule has 0 aromatic heterocycles. The van der Waals surface area contributed by atoms with Crippen molar-refractivity contribution in [2.75, 3.05) is 52.4 Å². The molecule has 1 aliphatic rings. The third-order valence-corrected chi connectivity index (χ3v) is 5.56. The van der Waals surface area contributed by atoms with E-state index in [0.717, 1.165) is 24.2 Å². The van der Waals surface area contributed by atoms with Gasteiger partial charge >= 0.3 is 0 Å². The molecule has 1 fully saturated rings. The second kappa shape index (κ2) is 17.0. The number of aliphatic carboxylic acids is 5. The van der Waals surface area contributed by atoms with E-state index in [1.807, 2.05) is 0 Å². The predicted octanol–water partition coefficient (Wildman–Crippen LogP) is -7.41. The molecule has 0 amide bonds. The van der Waals surface area contributed by atoms with Crippen LogP contribution in [0.5, 0.6) is 0 Å². The molecular formula is C20H28N3O10Tb-5. The van der Waals surface area contributed by atoms with Crippen LogP contribution in [0.2, 0.25) is 0 Å². The summed E-state index contributed by atoms with van der Waals surface area (Å²) < 4.78 is 0. The van der Waals surface area contributed by atoms with Crippen molar-refractivity contribution < 1.29 is 88.1 Å². The summed E-state index contributed by atoms with van der Waals surface area (Å²) in [5.74, 6) is -7.65. The van der Waals surface area contributed by atoms with E-state index in [9.17, 15) is 49.5 Å². The van der Waals surface area contributed by atoms with Crippen LogP contribution in [-0.4, -0.2) is 103 Å². The zero-order valence-electron chi connectivity index (χ0n) is 18.6. The molecule has 1 aliphatic carbocycles. The summed E-state index contributed by atoms with van der Waals surface area (Å²) in [5.41, 5.74) is 0. The molecule has 197 valence electrons. The molecule has 1 saturated carbocycles. The molecule has 14 heteroatoms. The number of hydrogen-bond acceptors (Lipinski definition) is 13. The summed E-state index contributed by atoms with van der Waals surface area (Å²) in [6.07, 6.45) is 4.02. The molecule has 0 aliphatic heterocycles. The van der Waals surface area contributed by atoms with E-state index in [2.05, 4.69) is 0 Å². The number of carboxylic acids is 5. The van der Waals surface area contributed by atoms with Gasteiger partial charge in [-0.25, -0.2) is 0 Å². The Bertz CT molecular complexity index is 670. The molecule has 0 heterocycles. The molecule has 1 rings (SSSR count). The van der Waals surface area contributed by atoms with Gasteiger partial charge in [-0.3, -0.25) is 14.7 Å². The molecule has 1 unspecified atom stereocenters. The van der Waals surface area contributed by atoms with Gasteiger partial charge in [-0.1, -0.05) is 19.3 Å². The van der Waals surface area contributed by atoms with Crippen LogP contribution in [0.3, 0.4) is 0 Å².